The van der Waals surface area contributed by atoms with E-state index in [0.717, 1.165) is 99.5 Å². The fourth-order valence-electron chi connectivity index (χ4n) is 5.26. The number of aryl methyl sites for hydroxylation is 1. The molecule has 3 heterocycles. The molecule has 0 aliphatic carbocycles. The van der Waals surface area contributed by atoms with Crippen LogP contribution in [0.15, 0.2) is 42.6 Å². The molecule has 1 amide bonds. The summed E-state index contributed by atoms with van der Waals surface area (Å²) < 4.78 is 7.44. The van der Waals surface area contributed by atoms with Crippen molar-refractivity contribution in [2.45, 2.75) is 66.4 Å². The third kappa shape index (κ3) is 7.93. The minimum Gasteiger partial charge on any atom is -0.389 e. The highest BCUT2D eigenvalue weighted by molar-refractivity contribution is 5.95. The first-order chi connectivity index (χ1) is 19.2. The van der Waals surface area contributed by atoms with Crippen molar-refractivity contribution in [1.29, 1.82) is 0 Å². The number of carbonyl (C=O) groups excluding carboxylic acids is 1. The van der Waals surface area contributed by atoms with Crippen LogP contribution in [-0.2, 0) is 11.2 Å². The number of hydrogen-bond acceptors (Lipinski definition) is 5. The summed E-state index contributed by atoms with van der Waals surface area (Å²) in [7, 11) is 0. The minimum atomic E-state index is -0.508. The predicted molar refractivity (Wildman–Crippen MR) is 162 cm³/mol. The van der Waals surface area contributed by atoms with Gasteiger partial charge in [0.25, 0.3) is 5.91 Å². The van der Waals surface area contributed by atoms with Gasteiger partial charge in [-0.15, -0.1) is 0 Å². The fraction of sp³-hybridized carbons (Fsp3) is 0.576. The molecule has 0 radical (unpaired) electrons. The maximum absolute atomic E-state index is 13.8. The summed E-state index contributed by atoms with van der Waals surface area (Å²) in [4.78, 5) is 18.3. The Bertz CT molecular complexity index is 1210. The lowest BCUT2D eigenvalue weighted by molar-refractivity contribution is 0.0375. The Morgan fingerprint density at radius 1 is 1.00 bits per heavy atom. The topological polar surface area (TPSA) is 70.3 Å². The van der Waals surface area contributed by atoms with E-state index in [1.54, 1.807) is 6.92 Å². The molecule has 1 atom stereocenters. The van der Waals surface area contributed by atoms with Gasteiger partial charge in [-0.25, -0.2) is 4.52 Å². The second-order valence-corrected chi connectivity index (χ2v) is 12.1. The van der Waals surface area contributed by atoms with Crippen LogP contribution in [0.2, 0.25) is 0 Å². The Labute approximate surface area is 240 Å². The largest absolute Gasteiger partial charge is 0.389 e. The average molecular weight is 549 g/mol. The summed E-state index contributed by atoms with van der Waals surface area (Å²) in [6.45, 7) is 16.7. The van der Waals surface area contributed by atoms with Crippen molar-refractivity contribution in [3.63, 3.8) is 0 Å². The smallest absolute Gasteiger partial charge is 0.253 e. The van der Waals surface area contributed by atoms with Crippen LogP contribution >= 0.6 is 0 Å². The highest BCUT2D eigenvalue weighted by Crippen LogP contribution is 2.29. The second kappa shape index (κ2) is 14.2. The Kier molecular flexibility index (Phi) is 10.8. The lowest BCUT2D eigenvalue weighted by atomic mass is 10.00. The van der Waals surface area contributed by atoms with Crippen LogP contribution in [0, 0.1) is 11.8 Å². The molecule has 1 saturated heterocycles. The van der Waals surface area contributed by atoms with Crippen molar-refractivity contribution in [2.75, 3.05) is 45.9 Å². The number of pyridine rings is 1. The number of aliphatic hydroxyl groups is 1. The number of amides is 1. The van der Waals surface area contributed by atoms with Gasteiger partial charge in [-0.1, -0.05) is 52.0 Å². The van der Waals surface area contributed by atoms with Crippen molar-refractivity contribution in [3.05, 3.63) is 59.3 Å². The molecule has 0 spiro atoms. The van der Waals surface area contributed by atoms with Gasteiger partial charge in [0.15, 0.2) is 0 Å². The summed E-state index contributed by atoms with van der Waals surface area (Å²) in [5, 5.41) is 15.0. The molecule has 1 N–H and O–H groups in total. The molecule has 1 aliphatic heterocycles. The van der Waals surface area contributed by atoms with E-state index in [2.05, 4.69) is 32.6 Å². The minimum absolute atomic E-state index is 0.104. The van der Waals surface area contributed by atoms with E-state index in [1.807, 2.05) is 52.0 Å². The molecule has 40 heavy (non-hydrogen) atoms. The maximum Gasteiger partial charge on any atom is 0.253 e. The van der Waals surface area contributed by atoms with Crippen molar-refractivity contribution >= 4 is 11.4 Å². The number of aromatic nitrogens is 2. The van der Waals surface area contributed by atoms with E-state index in [9.17, 15) is 9.90 Å². The summed E-state index contributed by atoms with van der Waals surface area (Å²) in [6, 6.07) is 12.0. The third-order valence-electron chi connectivity index (χ3n) is 7.90. The summed E-state index contributed by atoms with van der Waals surface area (Å²) in [5.74, 6) is 1.20. The molecule has 0 saturated carbocycles. The molecule has 3 aromatic rings. The highest BCUT2D eigenvalue weighted by Gasteiger charge is 2.21. The van der Waals surface area contributed by atoms with Gasteiger partial charge >= 0.3 is 0 Å². The number of aliphatic hydroxyl groups excluding tert-OH is 1. The number of nitrogens with zero attached hydrogens (tertiary/aromatic N) is 4. The zero-order chi connectivity index (χ0) is 28.6. The molecule has 0 bridgehead atoms. The van der Waals surface area contributed by atoms with Gasteiger partial charge in [-0.05, 0) is 68.7 Å². The average Bonchev–Trinajstić information content (AvgIpc) is 3.31. The van der Waals surface area contributed by atoms with Crippen LogP contribution in [0.3, 0.4) is 0 Å². The van der Waals surface area contributed by atoms with Gasteiger partial charge in [0.2, 0.25) is 0 Å². The Hall–Kier alpha value is -2.74. The third-order valence-corrected chi connectivity index (χ3v) is 7.90. The van der Waals surface area contributed by atoms with Gasteiger partial charge in [0.05, 0.1) is 30.5 Å². The molecule has 2 aromatic heterocycles. The molecule has 1 fully saturated rings. The van der Waals surface area contributed by atoms with E-state index in [4.69, 9.17) is 9.84 Å². The zero-order valence-electron chi connectivity index (χ0n) is 25.1. The standard InChI is InChI=1S/C33H48N4O3/c1-24(2)12-16-36(17-13-25(3)4)33(39)29-14-18-37-31(23-29)30(7-6-15-35-19-21-40-22-20-35)32(34-37)28-10-8-27(9-11-28)26(5)38/h8-11,14,18,23-26,38H,6-7,12-13,15-17,19-22H2,1-5H3. The number of rotatable bonds is 13. The van der Waals surface area contributed by atoms with Gasteiger partial charge in [-0.2, -0.15) is 5.10 Å². The molecular formula is C33H48N4O3. The van der Waals surface area contributed by atoms with Gasteiger partial charge < -0.3 is 14.7 Å². The lowest BCUT2D eigenvalue weighted by Gasteiger charge is -2.26. The molecule has 1 aliphatic rings. The van der Waals surface area contributed by atoms with E-state index >= 15 is 0 Å². The zero-order valence-corrected chi connectivity index (χ0v) is 25.1. The van der Waals surface area contributed by atoms with Crippen LogP contribution in [0.5, 0.6) is 0 Å². The number of benzene rings is 1. The first-order valence-electron chi connectivity index (χ1n) is 15.1. The molecular weight excluding hydrogens is 500 g/mol. The fourth-order valence-corrected chi connectivity index (χ4v) is 5.26. The first kappa shape index (κ1) is 30.2. The first-order valence-corrected chi connectivity index (χ1v) is 15.1. The van der Waals surface area contributed by atoms with Gasteiger partial charge in [0, 0.05) is 49.1 Å². The summed E-state index contributed by atoms with van der Waals surface area (Å²) in [6.07, 6.45) is 5.30. The number of ether oxygens (including phenoxy) is 1. The van der Waals surface area contributed by atoms with Crippen molar-refractivity contribution in [2.24, 2.45) is 11.8 Å². The van der Waals surface area contributed by atoms with E-state index < -0.39 is 6.10 Å². The predicted octanol–water partition coefficient (Wildman–Crippen LogP) is 5.85. The molecule has 7 heteroatoms. The molecule has 1 unspecified atom stereocenters. The molecule has 7 nitrogen and oxygen atoms in total. The van der Waals surface area contributed by atoms with Crippen LogP contribution in [-0.4, -0.2) is 76.4 Å². The van der Waals surface area contributed by atoms with E-state index in [1.165, 1.54) is 5.56 Å². The molecule has 1 aromatic carbocycles. The van der Waals surface area contributed by atoms with Crippen molar-refractivity contribution < 1.29 is 14.6 Å². The Morgan fingerprint density at radius 2 is 1.65 bits per heavy atom. The van der Waals surface area contributed by atoms with Crippen LogP contribution < -0.4 is 0 Å². The van der Waals surface area contributed by atoms with Crippen LogP contribution in [0.25, 0.3) is 16.8 Å². The monoisotopic (exact) mass is 548 g/mol. The second-order valence-electron chi connectivity index (χ2n) is 12.1. The lowest BCUT2D eigenvalue weighted by Crippen LogP contribution is -2.36. The molecule has 4 rings (SSSR count). The summed E-state index contributed by atoms with van der Waals surface area (Å²) >= 11 is 0. The molecule has 218 valence electrons. The van der Waals surface area contributed by atoms with Crippen LogP contribution in [0.4, 0.5) is 0 Å². The van der Waals surface area contributed by atoms with E-state index in [0.29, 0.717) is 11.8 Å². The maximum atomic E-state index is 13.8. The highest BCUT2D eigenvalue weighted by atomic mass is 16.5. The number of carbonyl (C=O) groups is 1. The quantitative estimate of drug-likeness (QED) is 0.290. The number of morpholine rings is 1. The van der Waals surface area contributed by atoms with Crippen molar-refractivity contribution in [1.82, 2.24) is 19.4 Å². The number of hydrogen-bond donors (Lipinski definition) is 1. The Balaban J connectivity index is 1.65. The Morgan fingerprint density at radius 3 is 2.25 bits per heavy atom. The van der Waals surface area contributed by atoms with E-state index in [-0.39, 0.29) is 5.91 Å². The van der Waals surface area contributed by atoms with Gasteiger partial charge in [-0.3, -0.25) is 9.69 Å². The van der Waals surface area contributed by atoms with Gasteiger partial charge in [0.1, 0.15) is 0 Å². The number of fused-ring (bicyclic) bond motifs is 1. The van der Waals surface area contributed by atoms with Crippen LogP contribution in [0.1, 0.15) is 81.5 Å². The SMILES string of the molecule is CC(C)CCN(CCC(C)C)C(=O)c1ccn2nc(-c3ccc(C(C)O)cc3)c(CCCN3CCOCC3)c2c1. The normalized spacial score (nSPS) is 15.3. The summed E-state index contributed by atoms with van der Waals surface area (Å²) in [5.41, 5.74) is 5.75. The van der Waals surface area contributed by atoms with Crippen molar-refractivity contribution in [3.8, 4) is 11.3 Å².